The van der Waals surface area contributed by atoms with E-state index < -0.39 is 18.9 Å². The predicted molar refractivity (Wildman–Crippen MR) is 90.0 cm³/mol. The number of aromatic amines is 1. The van der Waals surface area contributed by atoms with E-state index in [1.807, 2.05) is 24.3 Å². The lowest BCUT2D eigenvalue weighted by atomic mass is 10.1. The molecule has 8 heteroatoms. The number of nitrogens with one attached hydrogen (secondary N) is 1. The Balaban J connectivity index is 1.82. The first kappa shape index (κ1) is 18.2. The topological polar surface area (TPSA) is 71.0 Å². The molecule has 0 spiro atoms. The molecule has 2 heterocycles. The van der Waals surface area contributed by atoms with Gasteiger partial charge in [0.2, 0.25) is 0 Å². The van der Waals surface area contributed by atoms with Crippen LogP contribution in [0.4, 0.5) is 13.2 Å². The lowest BCUT2D eigenvalue weighted by molar-refractivity contribution is -0.153. The number of alkyl halides is 3. The number of fused-ring (bicyclic) bond motifs is 1. The first-order valence-electron chi connectivity index (χ1n) is 8.02. The van der Waals surface area contributed by atoms with E-state index in [1.54, 1.807) is 13.8 Å². The van der Waals surface area contributed by atoms with Crippen LogP contribution in [0.25, 0.3) is 11.0 Å². The lowest BCUT2D eigenvalue weighted by Crippen LogP contribution is -2.20. The number of aromatic nitrogens is 3. The Labute approximate surface area is 147 Å². The van der Waals surface area contributed by atoms with E-state index in [0.29, 0.717) is 22.6 Å². The first-order chi connectivity index (χ1) is 12.2. The summed E-state index contributed by atoms with van der Waals surface area (Å²) >= 11 is 0. The van der Waals surface area contributed by atoms with E-state index in [-0.39, 0.29) is 12.2 Å². The molecule has 0 aliphatic carbocycles. The van der Waals surface area contributed by atoms with E-state index in [4.69, 9.17) is 4.74 Å². The van der Waals surface area contributed by atoms with Crippen molar-refractivity contribution in [3.63, 3.8) is 0 Å². The summed E-state index contributed by atoms with van der Waals surface area (Å²) in [4.78, 5) is 11.6. The molecule has 5 nitrogen and oxygen atoms in total. The second-order valence-electron chi connectivity index (χ2n) is 6.10. The molecule has 0 aliphatic heterocycles. The molecule has 26 heavy (non-hydrogen) atoms. The van der Waals surface area contributed by atoms with Gasteiger partial charge in [0.25, 0.3) is 0 Å². The zero-order valence-electron chi connectivity index (χ0n) is 14.3. The number of aliphatic hydroxyl groups excluding tert-OH is 1. The van der Waals surface area contributed by atoms with Gasteiger partial charge < -0.3 is 14.8 Å². The number of hydrogen-bond donors (Lipinski definition) is 2. The van der Waals surface area contributed by atoms with Gasteiger partial charge in [0.05, 0.1) is 11.0 Å². The molecule has 0 saturated carbocycles. The number of ether oxygens (including phenoxy) is 1. The molecule has 2 N–H and O–H groups in total. The molecule has 1 unspecified atom stereocenters. The molecule has 1 atom stereocenters. The minimum absolute atomic E-state index is 0.105. The van der Waals surface area contributed by atoms with Crippen LogP contribution in [0.15, 0.2) is 30.5 Å². The van der Waals surface area contributed by atoms with Gasteiger partial charge in [-0.05, 0) is 26.0 Å². The number of rotatable bonds is 5. The third kappa shape index (κ3) is 3.96. The van der Waals surface area contributed by atoms with Gasteiger partial charge in [0, 0.05) is 29.4 Å². The number of nitrogens with zero attached hydrogens (tertiary/aromatic N) is 2. The zero-order valence-corrected chi connectivity index (χ0v) is 14.3. The van der Waals surface area contributed by atoms with Crippen LogP contribution in [0.2, 0.25) is 0 Å². The van der Waals surface area contributed by atoms with Crippen molar-refractivity contribution in [2.45, 2.75) is 32.5 Å². The average molecular weight is 365 g/mol. The average Bonchev–Trinajstić information content (AvgIpc) is 3.00. The van der Waals surface area contributed by atoms with E-state index in [0.717, 1.165) is 11.0 Å². The number of hydrogen-bond acceptors (Lipinski definition) is 4. The summed E-state index contributed by atoms with van der Waals surface area (Å²) in [6.45, 7) is 1.89. The molecule has 0 amide bonds. The summed E-state index contributed by atoms with van der Waals surface area (Å²) < 4.78 is 42.3. The molecule has 0 fully saturated rings. The van der Waals surface area contributed by atoms with E-state index in [2.05, 4.69) is 15.0 Å². The predicted octanol–water partition coefficient (Wildman–Crippen LogP) is 3.79. The number of para-hydroxylation sites is 2. The van der Waals surface area contributed by atoms with Gasteiger partial charge in [-0.3, -0.25) is 4.98 Å². The monoisotopic (exact) mass is 365 g/mol. The number of pyridine rings is 1. The third-order valence-electron chi connectivity index (χ3n) is 4.04. The van der Waals surface area contributed by atoms with Gasteiger partial charge in [0.15, 0.2) is 6.61 Å². The Bertz CT molecular complexity index is 889. The van der Waals surface area contributed by atoms with Gasteiger partial charge in [-0.1, -0.05) is 12.1 Å². The van der Waals surface area contributed by atoms with Crippen LogP contribution in [0.3, 0.4) is 0 Å². The largest absolute Gasteiger partial charge is 0.483 e. The Kier molecular flexibility index (Phi) is 4.86. The molecule has 3 aromatic rings. The number of imidazole rings is 1. The summed E-state index contributed by atoms with van der Waals surface area (Å²) in [6, 6.07) is 7.36. The number of aliphatic hydroxyl groups is 1. The smallest absolute Gasteiger partial charge is 0.422 e. The highest BCUT2D eigenvalue weighted by molar-refractivity contribution is 5.74. The summed E-state index contributed by atoms with van der Waals surface area (Å²) in [5.74, 6) is 0.523. The van der Waals surface area contributed by atoms with Crippen LogP contribution in [-0.2, 0) is 6.42 Å². The van der Waals surface area contributed by atoms with Crippen LogP contribution in [-0.4, -0.2) is 32.8 Å². The summed E-state index contributed by atoms with van der Waals surface area (Å²) in [6.07, 6.45) is -3.84. The van der Waals surface area contributed by atoms with Crippen LogP contribution < -0.4 is 4.74 Å². The molecule has 0 aliphatic rings. The molecular formula is C18H18F3N3O2. The van der Waals surface area contributed by atoms with Crippen molar-refractivity contribution in [2.75, 3.05) is 6.61 Å². The van der Waals surface area contributed by atoms with E-state index in [9.17, 15) is 18.3 Å². The van der Waals surface area contributed by atoms with Crippen LogP contribution in [0, 0.1) is 13.8 Å². The molecule has 2 aromatic heterocycles. The summed E-state index contributed by atoms with van der Waals surface area (Å²) in [7, 11) is 0. The van der Waals surface area contributed by atoms with Crippen molar-refractivity contribution < 1.29 is 23.0 Å². The molecular weight excluding hydrogens is 347 g/mol. The Morgan fingerprint density at radius 2 is 1.96 bits per heavy atom. The molecule has 138 valence electrons. The molecule has 0 radical (unpaired) electrons. The van der Waals surface area contributed by atoms with Crippen molar-refractivity contribution in [3.8, 4) is 5.75 Å². The Hall–Kier alpha value is -2.61. The van der Waals surface area contributed by atoms with Crippen LogP contribution >= 0.6 is 0 Å². The van der Waals surface area contributed by atoms with Gasteiger partial charge in [-0.15, -0.1) is 0 Å². The second-order valence-corrected chi connectivity index (χ2v) is 6.10. The SMILES string of the molecule is Cc1cnc(CC(O)c2nc3ccccc3[nH]2)c(C)c1OCC(F)(F)F. The second kappa shape index (κ2) is 6.95. The van der Waals surface area contributed by atoms with E-state index in [1.165, 1.54) is 6.20 Å². The van der Waals surface area contributed by atoms with Crippen molar-refractivity contribution >= 4 is 11.0 Å². The molecule has 0 saturated heterocycles. The number of aryl methyl sites for hydroxylation is 1. The fraction of sp³-hybridized carbons (Fsp3) is 0.333. The highest BCUT2D eigenvalue weighted by Gasteiger charge is 2.29. The van der Waals surface area contributed by atoms with Gasteiger partial charge in [-0.25, -0.2) is 4.98 Å². The minimum atomic E-state index is -4.42. The quantitative estimate of drug-likeness (QED) is 0.722. The highest BCUT2D eigenvalue weighted by atomic mass is 19.4. The molecule has 1 aromatic carbocycles. The zero-order chi connectivity index (χ0) is 18.9. The lowest BCUT2D eigenvalue weighted by Gasteiger charge is -2.17. The number of benzene rings is 1. The summed E-state index contributed by atoms with van der Waals surface area (Å²) in [5, 5.41) is 10.5. The standard InChI is InChI=1S/C18H18F3N3O2/c1-10-8-22-14(11(2)16(10)26-9-18(19,20)21)7-15(25)17-23-12-5-3-4-6-13(12)24-17/h3-6,8,15,25H,7,9H2,1-2H3,(H,23,24). The Morgan fingerprint density at radius 3 is 2.65 bits per heavy atom. The van der Waals surface area contributed by atoms with Gasteiger partial charge in [-0.2, -0.15) is 13.2 Å². The Morgan fingerprint density at radius 1 is 1.23 bits per heavy atom. The fourth-order valence-corrected chi connectivity index (χ4v) is 2.75. The van der Waals surface area contributed by atoms with Gasteiger partial charge in [0.1, 0.15) is 17.7 Å². The van der Waals surface area contributed by atoms with Crippen molar-refractivity contribution in [2.24, 2.45) is 0 Å². The minimum Gasteiger partial charge on any atom is -0.483 e. The maximum Gasteiger partial charge on any atom is 0.422 e. The molecule has 3 rings (SSSR count). The number of halogens is 3. The maximum atomic E-state index is 12.4. The maximum absolute atomic E-state index is 12.4. The first-order valence-corrected chi connectivity index (χ1v) is 8.02. The molecule has 0 bridgehead atoms. The fourth-order valence-electron chi connectivity index (χ4n) is 2.75. The van der Waals surface area contributed by atoms with Crippen molar-refractivity contribution in [1.29, 1.82) is 0 Å². The van der Waals surface area contributed by atoms with E-state index >= 15 is 0 Å². The van der Waals surface area contributed by atoms with Crippen LogP contribution in [0.5, 0.6) is 5.75 Å². The number of H-pyrrole nitrogens is 1. The van der Waals surface area contributed by atoms with Crippen LogP contribution in [0.1, 0.15) is 28.7 Å². The summed E-state index contributed by atoms with van der Waals surface area (Å²) in [5.41, 5.74) is 2.97. The highest BCUT2D eigenvalue weighted by Crippen LogP contribution is 2.29. The normalized spacial score (nSPS) is 13.2. The third-order valence-corrected chi connectivity index (χ3v) is 4.04. The van der Waals surface area contributed by atoms with Crippen molar-refractivity contribution in [1.82, 2.24) is 15.0 Å². The van der Waals surface area contributed by atoms with Gasteiger partial charge >= 0.3 is 6.18 Å². The van der Waals surface area contributed by atoms with Crippen molar-refractivity contribution in [3.05, 3.63) is 53.1 Å².